The Labute approximate surface area is 331 Å². The number of phenolic OH excluding ortho intramolecular Hbond substituents is 1. The van der Waals surface area contributed by atoms with E-state index in [2.05, 4.69) is 10.3 Å². The van der Waals surface area contributed by atoms with Gasteiger partial charge in [-0.15, -0.1) is 0 Å². The Bertz CT molecular complexity index is 2300. The summed E-state index contributed by atoms with van der Waals surface area (Å²) < 4.78 is 10.9. The van der Waals surface area contributed by atoms with E-state index in [4.69, 9.17) is 9.47 Å². The number of carbonyl (C=O) groups is 4. The Hall–Kier alpha value is -6.20. The van der Waals surface area contributed by atoms with Crippen LogP contribution < -0.4 is 20.0 Å². The number of aryl methyl sites for hydroxylation is 1. The molecule has 2 aliphatic carbocycles. The minimum Gasteiger partial charge on any atom is -0.504 e. The summed E-state index contributed by atoms with van der Waals surface area (Å²) in [4.78, 5) is 62.7. The van der Waals surface area contributed by atoms with E-state index < -0.39 is 35.0 Å². The van der Waals surface area contributed by atoms with Gasteiger partial charge in [0.15, 0.2) is 11.5 Å². The highest BCUT2D eigenvalue weighted by atomic mass is 16.5. The van der Waals surface area contributed by atoms with Crippen molar-refractivity contribution < 1.29 is 33.8 Å². The van der Waals surface area contributed by atoms with Crippen molar-refractivity contribution in [3.05, 3.63) is 131 Å². The number of amides is 4. The van der Waals surface area contributed by atoms with Crippen LogP contribution in [0.4, 0.5) is 17.1 Å². The van der Waals surface area contributed by atoms with Gasteiger partial charge in [-0.1, -0.05) is 77.9 Å². The van der Waals surface area contributed by atoms with Crippen LogP contribution in [0.15, 0.2) is 115 Å². The van der Waals surface area contributed by atoms with Crippen molar-refractivity contribution in [3.8, 4) is 11.5 Å². The van der Waals surface area contributed by atoms with Gasteiger partial charge in [0.25, 0.3) is 11.8 Å². The van der Waals surface area contributed by atoms with E-state index in [-0.39, 0.29) is 35.8 Å². The number of hydrazine groups is 1. The number of fused-ring (bicyclic) bond motifs is 4. The zero-order chi connectivity index (χ0) is 39.4. The molecule has 0 bridgehead atoms. The second-order valence-electron chi connectivity index (χ2n) is 15.6. The lowest BCUT2D eigenvalue weighted by molar-refractivity contribution is -0.139. The maximum atomic E-state index is 15.3. The standard InChI is InChI=1S/C46H44N4O7/c1-28-8-12-31(13-9-28)47-50-43(53)38-27-36-34(18-19-35-41(36)44(54)49(42(35)52)33-16-14-32(15-17-33)48-22-24-57-25-23-48)37(20-10-29-11-21-39(51)40(26-29)56-2)46(38,45(50)55)30-6-4-3-5-7-30/h3-18,20-21,26,35-38,41,47,51H,19,22-25,27H2,1-2H3. The van der Waals surface area contributed by atoms with Crippen LogP contribution in [0.3, 0.4) is 0 Å². The number of rotatable bonds is 8. The Kier molecular flexibility index (Phi) is 9.20. The fourth-order valence-electron chi connectivity index (χ4n) is 9.89. The smallest absolute Gasteiger partial charge is 0.260 e. The maximum absolute atomic E-state index is 15.3. The summed E-state index contributed by atoms with van der Waals surface area (Å²) in [5.74, 6) is -4.36. The van der Waals surface area contributed by atoms with E-state index in [9.17, 15) is 19.5 Å². The highest BCUT2D eigenvalue weighted by molar-refractivity contribution is 6.22. The Morgan fingerprint density at radius 2 is 1.56 bits per heavy atom. The van der Waals surface area contributed by atoms with Gasteiger partial charge in [-0.25, -0.2) is 0 Å². The fraction of sp³-hybridized carbons (Fsp3) is 0.304. The average Bonchev–Trinajstić information content (AvgIpc) is 3.62. The molecule has 4 aromatic rings. The summed E-state index contributed by atoms with van der Waals surface area (Å²) in [6.45, 7) is 4.79. The Balaban J connectivity index is 1.14. The van der Waals surface area contributed by atoms with Gasteiger partial charge >= 0.3 is 0 Å². The predicted molar refractivity (Wildman–Crippen MR) is 215 cm³/mol. The van der Waals surface area contributed by atoms with Crippen LogP contribution in [0.1, 0.15) is 29.5 Å². The van der Waals surface area contributed by atoms with E-state index in [1.165, 1.54) is 12.0 Å². The average molecular weight is 765 g/mol. The van der Waals surface area contributed by atoms with E-state index in [1.54, 1.807) is 18.2 Å². The number of methoxy groups -OCH3 is 1. The minimum absolute atomic E-state index is 0.00618. The van der Waals surface area contributed by atoms with Crippen LogP contribution in [0.2, 0.25) is 0 Å². The molecule has 3 aliphatic heterocycles. The molecule has 6 unspecified atom stereocenters. The molecule has 3 saturated heterocycles. The summed E-state index contributed by atoms with van der Waals surface area (Å²) in [7, 11) is 1.48. The topological polar surface area (TPSA) is 129 Å². The number of nitrogens with zero attached hydrogens (tertiary/aromatic N) is 3. The number of benzene rings is 4. The summed E-state index contributed by atoms with van der Waals surface area (Å²) in [6.07, 6.45) is 6.40. The second kappa shape index (κ2) is 14.4. The molecule has 6 atom stereocenters. The Morgan fingerprint density at radius 3 is 2.28 bits per heavy atom. The molecule has 4 amide bonds. The lowest BCUT2D eigenvalue weighted by Gasteiger charge is -2.49. The van der Waals surface area contributed by atoms with Crippen LogP contribution >= 0.6 is 0 Å². The number of phenols is 1. The summed E-state index contributed by atoms with van der Waals surface area (Å²) in [6, 6.07) is 29.5. The molecule has 0 radical (unpaired) electrons. The van der Waals surface area contributed by atoms with Gasteiger partial charge in [-0.05, 0) is 85.3 Å². The molecule has 5 aliphatic rings. The molecule has 9 rings (SSSR count). The van der Waals surface area contributed by atoms with Gasteiger partial charge in [-0.3, -0.25) is 29.5 Å². The number of hydrogen-bond donors (Lipinski definition) is 2. The first-order valence-corrected chi connectivity index (χ1v) is 19.5. The molecule has 4 fully saturated rings. The molecule has 290 valence electrons. The van der Waals surface area contributed by atoms with Crippen molar-refractivity contribution in [2.45, 2.75) is 25.2 Å². The maximum Gasteiger partial charge on any atom is 0.260 e. The number of carbonyl (C=O) groups excluding carboxylic acids is 4. The summed E-state index contributed by atoms with van der Waals surface area (Å²) in [5, 5.41) is 11.5. The normalized spacial score (nSPS) is 27.0. The van der Waals surface area contributed by atoms with Crippen molar-refractivity contribution in [3.63, 3.8) is 0 Å². The lowest BCUT2D eigenvalue weighted by Crippen LogP contribution is -2.54. The van der Waals surface area contributed by atoms with Crippen LogP contribution in [0.25, 0.3) is 6.08 Å². The third-order valence-electron chi connectivity index (χ3n) is 12.6. The van der Waals surface area contributed by atoms with E-state index >= 15 is 4.79 Å². The number of ether oxygens (including phenoxy) is 2. The van der Waals surface area contributed by atoms with Gasteiger partial charge in [-0.2, -0.15) is 5.01 Å². The monoisotopic (exact) mass is 764 g/mol. The molecule has 0 aromatic heterocycles. The molecule has 4 aromatic carbocycles. The van der Waals surface area contributed by atoms with Crippen LogP contribution in [0, 0.1) is 36.5 Å². The van der Waals surface area contributed by atoms with Crippen LogP contribution in [-0.2, 0) is 29.3 Å². The van der Waals surface area contributed by atoms with Crippen molar-refractivity contribution >= 4 is 46.8 Å². The third-order valence-corrected chi connectivity index (χ3v) is 12.6. The van der Waals surface area contributed by atoms with Crippen molar-refractivity contribution in [1.82, 2.24) is 5.01 Å². The van der Waals surface area contributed by atoms with Crippen LogP contribution in [0.5, 0.6) is 11.5 Å². The molecular formula is C46H44N4O7. The molecule has 0 spiro atoms. The number of allylic oxidation sites excluding steroid dienone is 3. The molecule has 3 heterocycles. The largest absolute Gasteiger partial charge is 0.504 e. The lowest BCUT2D eigenvalue weighted by atomic mass is 9.50. The van der Waals surface area contributed by atoms with Crippen molar-refractivity contribution in [2.24, 2.45) is 29.6 Å². The molecule has 11 nitrogen and oxygen atoms in total. The van der Waals surface area contributed by atoms with Gasteiger partial charge < -0.3 is 19.5 Å². The highest BCUT2D eigenvalue weighted by Crippen LogP contribution is 2.61. The van der Waals surface area contributed by atoms with Crippen molar-refractivity contribution in [2.75, 3.05) is 48.6 Å². The van der Waals surface area contributed by atoms with E-state index in [1.807, 2.05) is 104 Å². The summed E-state index contributed by atoms with van der Waals surface area (Å²) >= 11 is 0. The van der Waals surface area contributed by atoms with Gasteiger partial charge in [0, 0.05) is 24.7 Å². The molecule has 1 saturated carbocycles. The minimum atomic E-state index is -1.37. The van der Waals surface area contributed by atoms with Crippen LogP contribution in [-0.4, -0.2) is 67.2 Å². The molecule has 2 N–H and O–H groups in total. The highest BCUT2D eigenvalue weighted by Gasteiger charge is 2.69. The number of imide groups is 2. The fourth-order valence-corrected chi connectivity index (χ4v) is 9.89. The number of hydrogen-bond acceptors (Lipinski definition) is 9. The SMILES string of the molecule is COc1cc(C=CC2C3=CCC4C(=O)N(c5ccc(N6CCOCC6)cc5)C(=O)C4C3CC3C(=O)N(Nc4ccc(C)cc4)C(=O)C23c2ccccc2)ccc1O. The Morgan fingerprint density at radius 1 is 0.842 bits per heavy atom. The number of anilines is 3. The summed E-state index contributed by atoms with van der Waals surface area (Å²) in [5.41, 5.74) is 7.19. The first-order chi connectivity index (χ1) is 27.7. The van der Waals surface area contributed by atoms with E-state index in [0.717, 1.165) is 34.9 Å². The van der Waals surface area contributed by atoms with Crippen molar-refractivity contribution in [1.29, 1.82) is 0 Å². The molecule has 57 heavy (non-hydrogen) atoms. The first-order valence-electron chi connectivity index (χ1n) is 19.5. The predicted octanol–water partition coefficient (Wildman–Crippen LogP) is 6.28. The van der Waals surface area contributed by atoms with E-state index in [0.29, 0.717) is 47.9 Å². The number of aromatic hydroxyl groups is 1. The van der Waals surface area contributed by atoms with Gasteiger partial charge in [0.05, 0.1) is 54.9 Å². The first kappa shape index (κ1) is 36.4. The third kappa shape index (κ3) is 5.91. The zero-order valence-electron chi connectivity index (χ0n) is 31.8. The quantitative estimate of drug-likeness (QED) is 0.157. The van der Waals surface area contributed by atoms with Gasteiger partial charge in [0.1, 0.15) is 0 Å². The number of nitrogens with one attached hydrogen (secondary N) is 1. The van der Waals surface area contributed by atoms with Gasteiger partial charge in [0.2, 0.25) is 11.8 Å². The molecular weight excluding hydrogens is 721 g/mol. The second-order valence-corrected chi connectivity index (χ2v) is 15.6. The number of morpholine rings is 1. The molecule has 11 heteroatoms. The zero-order valence-corrected chi connectivity index (χ0v) is 31.8.